The van der Waals surface area contributed by atoms with E-state index >= 15 is 0 Å². The number of aromatic amines is 1. The lowest BCUT2D eigenvalue weighted by molar-refractivity contribution is 0.527. The van der Waals surface area contributed by atoms with Gasteiger partial charge in [-0.15, -0.1) is 5.10 Å². The van der Waals surface area contributed by atoms with E-state index in [0.29, 0.717) is 11.4 Å². The molecule has 0 radical (unpaired) electrons. The van der Waals surface area contributed by atoms with Gasteiger partial charge in [-0.05, 0) is 28.7 Å². The molecule has 14 heavy (non-hydrogen) atoms. The number of anilines is 1. The number of hydrogen-bond donors (Lipinski definition) is 2. The van der Waals surface area contributed by atoms with Crippen molar-refractivity contribution in [3.05, 3.63) is 26.4 Å². The number of H-pyrrole nitrogens is 1. The largest absolute Gasteiger partial charge is 0.434 e. The average molecular weight is 304 g/mol. The van der Waals surface area contributed by atoms with Crippen LogP contribution >= 0.6 is 22.6 Å². The Labute approximate surface area is 91.7 Å². The molecular weight excluding hydrogens is 299 g/mol. The molecule has 0 saturated carbocycles. The van der Waals surface area contributed by atoms with Crippen LogP contribution in [-0.4, -0.2) is 15.2 Å². The van der Waals surface area contributed by atoms with E-state index in [1.54, 1.807) is 6.07 Å². The minimum Gasteiger partial charge on any atom is -0.388 e. The number of rotatable bonds is 1. The number of nitrogens with one attached hydrogen (secondary N) is 1. The molecule has 0 bridgehead atoms. The second-order valence-electron chi connectivity index (χ2n) is 2.51. The Morgan fingerprint density at radius 3 is 2.93 bits per heavy atom. The van der Waals surface area contributed by atoms with Crippen LogP contribution < -0.4 is 11.5 Å². The zero-order valence-corrected chi connectivity index (χ0v) is 8.98. The Kier molecular flexibility index (Phi) is 2.23. The third-order valence-corrected chi connectivity index (χ3v) is 2.42. The summed E-state index contributed by atoms with van der Waals surface area (Å²) in [6, 6.07) is 1.74. The molecular formula is C7H5IN4O2. The topological polar surface area (TPSA) is 97.8 Å². The highest BCUT2D eigenvalue weighted by atomic mass is 127. The SMILES string of the molecule is Nc1ncc(-c2n[nH]c(=O)o2)cc1I. The highest BCUT2D eigenvalue weighted by Crippen LogP contribution is 2.19. The quantitative estimate of drug-likeness (QED) is 0.752. The van der Waals surface area contributed by atoms with Crippen LogP contribution in [0.4, 0.5) is 5.82 Å². The maximum Gasteiger partial charge on any atom is 0.434 e. The van der Waals surface area contributed by atoms with E-state index < -0.39 is 5.76 Å². The third-order valence-electron chi connectivity index (χ3n) is 1.55. The molecule has 0 saturated heterocycles. The summed E-state index contributed by atoms with van der Waals surface area (Å²) in [6.07, 6.45) is 1.50. The van der Waals surface area contributed by atoms with Crippen LogP contribution in [0.15, 0.2) is 21.5 Å². The summed E-state index contributed by atoms with van der Waals surface area (Å²) in [5.74, 6) is 0.0551. The van der Waals surface area contributed by atoms with Gasteiger partial charge >= 0.3 is 5.76 Å². The van der Waals surface area contributed by atoms with Crippen molar-refractivity contribution in [3.8, 4) is 11.5 Å². The average Bonchev–Trinajstić information content (AvgIpc) is 2.57. The Morgan fingerprint density at radius 2 is 2.36 bits per heavy atom. The Balaban J connectivity index is 2.52. The first-order valence-corrected chi connectivity index (χ1v) is 4.71. The van der Waals surface area contributed by atoms with Crippen molar-refractivity contribution in [3.63, 3.8) is 0 Å². The summed E-state index contributed by atoms with van der Waals surface area (Å²) < 4.78 is 5.54. The third kappa shape index (κ3) is 1.62. The minimum absolute atomic E-state index is 0.209. The molecule has 0 amide bonds. The van der Waals surface area contributed by atoms with Crippen molar-refractivity contribution in [2.75, 3.05) is 5.73 Å². The molecule has 3 N–H and O–H groups in total. The van der Waals surface area contributed by atoms with Crippen LogP contribution in [0.5, 0.6) is 0 Å². The Morgan fingerprint density at radius 1 is 1.57 bits per heavy atom. The second kappa shape index (κ2) is 3.40. The fraction of sp³-hybridized carbons (Fsp3) is 0. The van der Waals surface area contributed by atoms with Crippen molar-refractivity contribution in [2.45, 2.75) is 0 Å². The van der Waals surface area contributed by atoms with Gasteiger partial charge in [0.25, 0.3) is 5.89 Å². The van der Waals surface area contributed by atoms with Crippen LogP contribution in [0.1, 0.15) is 0 Å². The normalized spacial score (nSPS) is 10.4. The number of pyridine rings is 1. The number of nitrogens with zero attached hydrogens (tertiary/aromatic N) is 2. The molecule has 0 aromatic carbocycles. The number of nitrogen functional groups attached to an aromatic ring is 1. The predicted octanol–water partition coefficient (Wildman–Crippen LogP) is 0.612. The van der Waals surface area contributed by atoms with E-state index in [1.807, 2.05) is 22.6 Å². The summed E-state index contributed by atoms with van der Waals surface area (Å²) in [7, 11) is 0. The predicted molar refractivity (Wildman–Crippen MR) is 57.5 cm³/mol. The fourth-order valence-electron chi connectivity index (χ4n) is 0.919. The molecule has 2 rings (SSSR count). The zero-order chi connectivity index (χ0) is 10.1. The van der Waals surface area contributed by atoms with E-state index in [9.17, 15) is 4.79 Å². The number of nitrogens with two attached hydrogens (primary N) is 1. The first-order valence-electron chi connectivity index (χ1n) is 3.64. The highest BCUT2D eigenvalue weighted by Gasteiger charge is 2.07. The van der Waals surface area contributed by atoms with Gasteiger partial charge in [-0.2, -0.15) is 0 Å². The minimum atomic E-state index is -0.591. The lowest BCUT2D eigenvalue weighted by Gasteiger charge is -1.97. The monoisotopic (exact) mass is 304 g/mol. The van der Waals surface area contributed by atoms with Gasteiger partial charge in [-0.25, -0.2) is 14.9 Å². The Bertz CT molecular complexity index is 518. The van der Waals surface area contributed by atoms with E-state index in [-0.39, 0.29) is 5.89 Å². The fourth-order valence-corrected chi connectivity index (χ4v) is 1.39. The summed E-state index contributed by atoms with van der Waals surface area (Å²) in [5, 5.41) is 5.84. The lowest BCUT2D eigenvalue weighted by atomic mass is 10.3. The molecule has 0 aliphatic carbocycles. The smallest absolute Gasteiger partial charge is 0.388 e. The molecule has 0 atom stereocenters. The van der Waals surface area contributed by atoms with E-state index in [4.69, 9.17) is 10.2 Å². The summed E-state index contributed by atoms with van der Waals surface area (Å²) in [4.78, 5) is 14.6. The molecule has 2 aromatic heterocycles. The van der Waals surface area contributed by atoms with Gasteiger partial charge in [0, 0.05) is 6.20 Å². The van der Waals surface area contributed by atoms with Gasteiger partial charge in [-0.1, -0.05) is 0 Å². The maximum atomic E-state index is 10.7. The van der Waals surface area contributed by atoms with Gasteiger partial charge in [0.05, 0.1) is 9.13 Å². The zero-order valence-electron chi connectivity index (χ0n) is 6.82. The van der Waals surface area contributed by atoms with Crippen molar-refractivity contribution in [1.29, 1.82) is 0 Å². The van der Waals surface area contributed by atoms with Crippen molar-refractivity contribution in [2.24, 2.45) is 0 Å². The van der Waals surface area contributed by atoms with Crippen LogP contribution in [0.3, 0.4) is 0 Å². The van der Waals surface area contributed by atoms with Crippen molar-refractivity contribution in [1.82, 2.24) is 15.2 Å². The number of aromatic nitrogens is 3. The van der Waals surface area contributed by atoms with E-state index in [0.717, 1.165) is 3.57 Å². The molecule has 0 spiro atoms. The number of halogens is 1. The molecule has 72 valence electrons. The highest BCUT2D eigenvalue weighted by molar-refractivity contribution is 14.1. The summed E-state index contributed by atoms with van der Waals surface area (Å²) in [6.45, 7) is 0. The van der Waals surface area contributed by atoms with Crippen LogP contribution in [0.25, 0.3) is 11.5 Å². The first-order chi connectivity index (χ1) is 6.66. The number of hydrogen-bond acceptors (Lipinski definition) is 5. The van der Waals surface area contributed by atoms with Crippen molar-refractivity contribution < 1.29 is 4.42 Å². The molecule has 2 aromatic rings. The van der Waals surface area contributed by atoms with E-state index in [2.05, 4.69) is 15.2 Å². The summed E-state index contributed by atoms with van der Waals surface area (Å²) in [5.41, 5.74) is 6.15. The molecule has 0 aliphatic rings. The standard InChI is InChI=1S/C7H5IN4O2/c8-4-1-3(2-10-5(4)9)6-11-12-7(13)14-6/h1-2H,(H2,9,10)(H,12,13). The van der Waals surface area contributed by atoms with Gasteiger partial charge in [-0.3, -0.25) is 0 Å². The Hall–Kier alpha value is -1.38. The van der Waals surface area contributed by atoms with Crippen LogP contribution in [0.2, 0.25) is 0 Å². The van der Waals surface area contributed by atoms with Gasteiger partial charge in [0.1, 0.15) is 5.82 Å². The molecule has 0 aliphatic heterocycles. The maximum absolute atomic E-state index is 10.7. The lowest BCUT2D eigenvalue weighted by Crippen LogP contribution is -1.94. The second-order valence-corrected chi connectivity index (χ2v) is 3.67. The molecule has 7 heteroatoms. The van der Waals surface area contributed by atoms with Crippen molar-refractivity contribution >= 4 is 28.4 Å². The molecule has 0 fully saturated rings. The molecule has 6 nitrogen and oxygen atoms in total. The summed E-state index contributed by atoms with van der Waals surface area (Å²) >= 11 is 2.04. The van der Waals surface area contributed by atoms with Gasteiger partial charge in [0.15, 0.2) is 0 Å². The van der Waals surface area contributed by atoms with Gasteiger partial charge in [0.2, 0.25) is 0 Å². The van der Waals surface area contributed by atoms with E-state index in [1.165, 1.54) is 6.20 Å². The molecule has 0 unspecified atom stereocenters. The first kappa shape index (κ1) is 9.19. The van der Waals surface area contributed by atoms with Crippen LogP contribution in [0, 0.1) is 3.57 Å². The van der Waals surface area contributed by atoms with Gasteiger partial charge < -0.3 is 10.2 Å². The van der Waals surface area contributed by atoms with Crippen LogP contribution in [-0.2, 0) is 0 Å². The molecule has 2 heterocycles.